The van der Waals surface area contributed by atoms with Gasteiger partial charge in [-0.1, -0.05) is 60.1 Å². The van der Waals surface area contributed by atoms with Crippen molar-refractivity contribution in [2.24, 2.45) is 0 Å². The normalized spacial score (nSPS) is 17.1. The smallest absolute Gasteiger partial charge is 0.254 e. The summed E-state index contributed by atoms with van der Waals surface area (Å²) in [7, 11) is 0. The van der Waals surface area contributed by atoms with Crippen LogP contribution in [0.15, 0.2) is 78.4 Å². The van der Waals surface area contributed by atoms with E-state index in [1.165, 1.54) is 0 Å². The van der Waals surface area contributed by atoms with E-state index in [9.17, 15) is 9.59 Å². The van der Waals surface area contributed by atoms with Crippen molar-refractivity contribution >= 4 is 40.9 Å². The highest BCUT2D eigenvalue weighted by Gasteiger charge is 2.42. The zero-order valence-corrected chi connectivity index (χ0v) is 19.1. The van der Waals surface area contributed by atoms with Gasteiger partial charge in [-0.3, -0.25) is 14.5 Å². The number of aryl methyl sites for hydroxylation is 1. The molecule has 0 spiro atoms. The molecule has 4 rings (SSSR count). The lowest BCUT2D eigenvalue weighted by Gasteiger charge is -2.41. The Labute approximate surface area is 193 Å². The number of amides is 2. The molecule has 0 unspecified atom stereocenters. The molecule has 0 saturated carbocycles. The Morgan fingerprint density at radius 3 is 2.31 bits per heavy atom. The Kier molecular flexibility index (Phi) is 6.15. The number of hydrogen-bond acceptors (Lipinski definition) is 2. The molecule has 1 heterocycles. The fraction of sp³-hybridized carbons (Fsp3) is 0.185. The molecule has 0 bridgehead atoms. The molecule has 2 amide bonds. The van der Waals surface area contributed by atoms with Crippen LogP contribution in [0.5, 0.6) is 0 Å². The van der Waals surface area contributed by atoms with E-state index in [4.69, 9.17) is 11.6 Å². The Morgan fingerprint density at radius 2 is 1.62 bits per heavy atom. The minimum Gasteiger partial charge on any atom is -0.301 e. The average molecular weight is 445 g/mol. The van der Waals surface area contributed by atoms with Crippen molar-refractivity contribution in [3.05, 3.63) is 100 Å². The Hall–Kier alpha value is -3.37. The molecule has 162 valence electrons. The summed E-state index contributed by atoms with van der Waals surface area (Å²) in [4.78, 5) is 30.5. The number of rotatable bonds is 4. The van der Waals surface area contributed by atoms with Crippen LogP contribution >= 0.6 is 11.6 Å². The molecule has 3 aromatic rings. The lowest BCUT2D eigenvalue weighted by molar-refractivity contribution is -0.127. The molecule has 1 atom stereocenters. The van der Waals surface area contributed by atoms with Gasteiger partial charge in [-0.05, 0) is 73.4 Å². The number of carbonyl (C=O) groups excluding carboxylic acids is 2. The van der Waals surface area contributed by atoms with Gasteiger partial charge >= 0.3 is 0 Å². The van der Waals surface area contributed by atoms with E-state index >= 15 is 0 Å². The van der Waals surface area contributed by atoms with Gasteiger partial charge in [0.1, 0.15) is 12.6 Å². The maximum absolute atomic E-state index is 13.9. The molecule has 0 N–H and O–H groups in total. The zero-order valence-electron chi connectivity index (χ0n) is 18.4. The summed E-state index contributed by atoms with van der Waals surface area (Å²) in [6.07, 6.45) is 1.96. The molecule has 0 aliphatic carbocycles. The fourth-order valence-corrected chi connectivity index (χ4v) is 4.23. The lowest BCUT2D eigenvalue weighted by atomic mass is 9.97. The number of benzene rings is 3. The lowest BCUT2D eigenvalue weighted by Crippen LogP contribution is -2.61. The Morgan fingerprint density at radius 1 is 0.938 bits per heavy atom. The van der Waals surface area contributed by atoms with E-state index in [0.717, 1.165) is 28.0 Å². The summed E-state index contributed by atoms with van der Waals surface area (Å²) in [6.45, 7) is 5.88. The van der Waals surface area contributed by atoms with Crippen LogP contribution in [0.25, 0.3) is 6.08 Å². The molecule has 0 aromatic heterocycles. The second-order valence-electron chi connectivity index (χ2n) is 8.09. The van der Waals surface area contributed by atoms with Crippen LogP contribution in [0.2, 0.25) is 5.02 Å². The molecule has 1 saturated heterocycles. The van der Waals surface area contributed by atoms with Crippen LogP contribution in [0.1, 0.15) is 23.6 Å². The van der Waals surface area contributed by atoms with Gasteiger partial charge in [-0.2, -0.15) is 0 Å². The molecule has 1 aliphatic rings. The first kappa shape index (κ1) is 21.8. The largest absolute Gasteiger partial charge is 0.301 e. The number of carbonyl (C=O) groups is 2. The number of halogens is 1. The first-order valence-electron chi connectivity index (χ1n) is 10.6. The summed E-state index contributed by atoms with van der Waals surface area (Å²) in [5.74, 6) is -0.267. The molecule has 1 aliphatic heterocycles. The maximum Gasteiger partial charge on any atom is 0.254 e. The van der Waals surface area contributed by atoms with Crippen molar-refractivity contribution in [3.8, 4) is 0 Å². The third-order valence-electron chi connectivity index (χ3n) is 5.92. The summed E-state index contributed by atoms with van der Waals surface area (Å²) in [5.41, 5.74) is 5.27. The minimum atomic E-state index is -0.752. The maximum atomic E-state index is 13.9. The third kappa shape index (κ3) is 4.19. The summed E-state index contributed by atoms with van der Waals surface area (Å²) in [6, 6.07) is 21.9. The van der Waals surface area contributed by atoms with Crippen molar-refractivity contribution in [1.29, 1.82) is 0 Å². The second-order valence-corrected chi connectivity index (χ2v) is 8.52. The quantitative estimate of drug-likeness (QED) is 0.509. The van der Waals surface area contributed by atoms with Gasteiger partial charge in [0.2, 0.25) is 5.91 Å². The van der Waals surface area contributed by atoms with Crippen molar-refractivity contribution in [1.82, 2.24) is 0 Å². The van der Waals surface area contributed by atoms with Gasteiger partial charge in [0, 0.05) is 16.4 Å². The highest BCUT2D eigenvalue weighted by molar-refractivity contribution is 6.30. The predicted molar refractivity (Wildman–Crippen MR) is 131 cm³/mol. The molecular formula is C27H25ClN2O2. The molecule has 0 radical (unpaired) electrons. The van der Waals surface area contributed by atoms with Crippen molar-refractivity contribution in [3.63, 3.8) is 0 Å². The molecular weight excluding hydrogens is 420 g/mol. The van der Waals surface area contributed by atoms with Crippen LogP contribution in [0.4, 0.5) is 11.4 Å². The minimum absolute atomic E-state index is 0.0130. The van der Waals surface area contributed by atoms with Crippen LogP contribution < -0.4 is 9.80 Å². The summed E-state index contributed by atoms with van der Waals surface area (Å²) >= 11 is 6.07. The first-order chi connectivity index (χ1) is 15.4. The van der Waals surface area contributed by atoms with Crippen molar-refractivity contribution in [2.75, 3.05) is 16.3 Å². The van der Waals surface area contributed by atoms with Crippen LogP contribution in [-0.2, 0) is 9.59 Å². The van der Waals surface area contributed by atoms with E-state index in [2.05, 4.69) is 0 Å². The van der Waals surface area contributed by atoms with Gasteiger partial charge in [0.15, 0.2) is 0 Å². The summed E-state index contributed by atoms with van der Waals surface area (Å²) in [5, 5.41) is 0.578. The Balaban J connectivity index is 1.82. The number of piperazine rings is 1. The molecule has 1 fully saturated rings. The van der Waals surface area contributed by atoms with E-state index < -0.39 is 6.04 Å². The molecule has 4 nitrogen and oxygen atoms in total. The average Bonchev–Trinajstić information content (AvgIpc) is 2.78. The van der Waals surface area contributed by atoms with Crippen molar-refractivity contribution in [2.45, 2.75) is 26.8 Å². The van der Waals surface area contributed by atoms with Gasteiger partial charge < -0.3 is 4.90 Å². The molecule has 5 heteroatoms. The first-order valence-corrected chi connectivity index (χ1v) is 10.9. The SMILES string of the molecule is C/C(=C/c1ccccc1)[C@@H]1C(=O)N(c2cccc(C)c2C)CC(=O)N1c1ccc(Cl)cc1. The number of nitrogens with zero attached hydrogens (tertiary/aromatic N) is 2. The summed E-state index contributed by atoms with van der Waals surface area (Å²) < 4.78 is 0. The third-order valence-corrected chi connectivity index (χ3v) is 6.17. The van der Waals surface area contributed by atoms with E-state index in [-0.39, 0.29) is 18.4 Å². The fourth-order valence-electron chi connectivity index (χ4n) is 4.11. The van der Waals surface area contributed by atoms with E-state index in [0.29, 0.717) is 10.7 Å². The van der Waals surface area contributed by atoms with Gasteiger partial charge in [0.05, 0.1) is 0 Å². The van der Waals surface area contributed by atoms with Gasteiger partial charge in [-0.15, -0.1) is 0 Å². The Bertz CT molecular complexity index is 1190. The monoisotopic (exact) mass is 444 g/mol. The second kappa shape index (κ2) is 9.01. The van der Waals surface area contributed by atoms with Crippen LogP contribution in [0, 0.1) is 13.8 Å². The molecule has 32 heavy (non-hydrogen) atoms. The van der Waals surface area contributed by atoms with Crippen LogP contribution in [0.3, 0.4) is 0 Å². The molecule has 3 aromatic carbocycles. The standard InChI is InChI=1S/C27H25ClN2O2/c1-18-8-7-11-24(20(18)3)29-17-25(31)30(23-14-12-22(28)13-15-23)26(27(29)32)19(2)16-21-9-5-4-6-10-21/h4-16,26H,17H2,1-3H3/b19-16-/t26-/m1/s1. The van der Waals surface area contributed by atoms with Crippen LogP contribution in [-0.4, -0.2) is 24.4 Å². The van der Waals surface area contributed by atoms with E-state index in [1.807, 2.05) is 75.4 Å². The number of anilines is 2. The van der Waals surface area contributed by atoms with Gasteiger partial charge in [0.25, 0.3) is 5.91 Å². The van der Waals surface area contributed by atoms with E-state index in [1.54, 1.807) is 34.1 Å². The number of hydrogen-bond donors (Lipinski definition) is 0. The predicted octanol–water partition coefficient (Wildman–Crippen LogP) is 5.81. The zero-order chi connectivity index (χ0) is 22.8. The van der Waals surface area contributed by atoms with Gasteiger partial charge in [-0.25, -0.2) is 0 Å². The topological polar surface area (TPSA) is 40.6 Å². The highest BCUT2D eigenvalue weighted by Crippen LogP contribution is 2.32. The highest BCUT2D eigenvalue weighted by atomic mass is 35.5. The van der Waals surface area contributed by atoms with Crippen molar-refractivity contribution < 1.29 is 9.59 Å².